The van der Waals surface area contributed by atoms with Gasteiger partial charge in [-0.15, -0.1) is 0 Å². The molecule has 0 radical (unpaired) electrons. The van der Waals surface area contributed by atoms with E-state index in [1.807, 2.05) is 35.8 Å². The van der Waals surface area contributed by atoms with Gasteiger partial charge in [-0.1, -0.05) is 30.3 Å². The van der Waals surface area contributed by atoms with Crippen LogP contribution >= 0.6 is 0 Å². The van der Waals surface area contributed by atoms with Crippen molar-refractivity contribution in [2.24, 2.45) is 5.73 Å². The van der Waals surface area contributed by atoms with Gasteiger partial charge in [0.2, 0.25) is 0 Å². The Morgan fingerprint density at radius 1 is 1.10 bits per heavy atom. The lowest BCUT2D eigenvalue weighted by molar-refractivity contribution is 0.0582. The topological polar surface area (TPSA) is 112 Å². The standard InChI is InChI=1S/C24H29N5O2/c1-4-31-13-20-28-21-22(29(20)14-24(2,3)30)18-9-8-17(11-19(18)27-23(21)26)16-7-5-6-15(10-16)12-25/h5-11,30H,4,12-14,25H2,1-3H3,(H2,26,27). The molecule has 31 heavy (non-hydrogen) atoms. The molecule has 2 heterocycles. The molecule has 0 aliphatic carbocycles. The van der Waals surface area contributed by atoms with Crippen molar-refractivity contribution in [2.45, 2.75) is 46.1 Å². The molecule has 0 aliphatic rings. The highest BCUT2D eigenvalue weighted by Gasteiger charge is 2.22. The van der Waals surface area contributed by atoms with Crippen molar-refractivity contribution in [3.63, 3.8) is 0 Å². The van der Waals surface area contributed by atoms with Gasteiger partial charge in [-0.05, 0) is 49.6 Å². The van der Waals surface area contributed by atoms with E-state index in [9.17, 15) is 5.11 Å². The number of imidazole rings is 1. The van der Waals surface area contributed by atoms with Crippen LogP contribution in [0.4, 0.5) is 5.82 Å². The molecular weight excluding hydrogens is 390 g/mol. The fraction of sp³-hybridized carbons (Fsp3) is 0.333. The maximum absolute atomic E-state index is 10.5. The highest BCUT2D eigenvalue weighted by Crippen LogP contribution is 2.33. The number of nitrogens with zero attached hydrogens (tertiary/aromatic N) is 3. The average Bonchev–Trinajstić information content (AvgIpc) is 3.09. The molecule has 0 spiro atoms. The summed E-state index contributed by atoms with van der Waals surface area (Å²) < 4.78 is 7.62. The summed E-state index contributed by atoms with van der Waals surface area (Å²) in [6.45, 7) is 7.26. The van der Waals surface area contributed by atoms with Crippen LogP contribution in [0.1, 0.15) is 32.2 Å². The van der Waals surface area contributed by atoms with E-state index in [-0.39, 0.29) is 0 Å². The van der Waals surface area contributed by atoms with Gasteiger partial charge in [0.1, 0.15) is 17.9 Å². The van der Waals surface area contributed by atoms with Crippen molar-refractivity contribution in [2.75, 3.05) is 12.3 Å². The minimum atomic E-state index is -0.929. The van der Waals surface area contributed by atoms with Gasteiger partial charge >= 0.3 is 0 Å². The lowest BCUT2D eigenvalue weighted by Gasteiger charge is -2.20. The zero-order chi connectivity index (χ0) is 22.2. The fourth-order valence-electron chi connectivity index (χ4n) is 3.88. The van der Waals surface area contributed by atoms with Gasteiger partial charge in [-0.2, -0.15) is 0 Å². The summed E-state index contributed by atoms with van der Waals surface area (Å²) >= 11 is 0. The molecule has 0 fully saturated rings. The first-order valence-electron chi connectivity index (χ1n) is 10.5. The number of anilines is 1. The van der Waals surface area contributed by atoms with E-state index in [2.05, 4.69) is 23.2 Å². The van der Waals surface area contributed by atoms with Crippen LogP contribution in [-0.4, -0.2) is 31.8 Å². The number of hydrogen-bond donors (Lipinski definition) is 3. The average molecular weight is 420 g/mol. The molecule has 5 N–H and O–H groups in total. The monoisotopic (exact) mass is 419 g/mol. The Hall–Kier alpha value is -3.00. The molecule has 2 aromatic carbocycles. The van der Waals surface area contributed by atoms with Crippen molar-refractivity contribution < 1.29 is 9.84 Å². The van der Waals surface area contributed by atoms with Crippen molar-refractivity contribution in [1.29, 1.82) is 0 Å². The molecule has 7 nitrogen and oxygen atoms in total. The number of aromatic nitrogens is 3. The number of rotatable bonds is 7. The Bertz CT molecular complexity index is 1240. The van der Waals surface area contributed by atoms with Crippen LogP contribution in [0.25, 0.3) is 33.1 Å². The van der Waals surface area contributed by atoms with E-state index in [1.165, 1.54) is 0 Å². The minimum absolute atomic E-state index is 0.339. The fourth-order valence-corrected chi connectivity index (χ4v) is 3.88. The van der Waals surface area contributed by atoms with Crippen LogP contribution in [0.2, 0.25) is 0 Å². The number of pyridine rings is 1. The third-order valence-electron chi connectivity index (χ3n) is 5.26. The lowest BCUT2D eigenvalue weighted by atomic mass is 10.0. The van der Waals surface area contributed by atoms with Crippen LogP contribution in [-0.2, 0) is 24.4 Å². The van der Waals surface area contributed by atoms with Crippen LogP contribution in [0, 0.1) is 0 Å². The number of ether oxygens (including phenoxy) is 1. The minimum Gasteiger partial charge on any atom is -0.389 e. The number of aliphatic hydroxyl groups is 1. The molecule has 7 heteroatoms. The van der Waals surface area contributed by atoms with E-state index in [0.717, 1.165) is 38.9 Å². The second-order valence-corrected chi connectivity index (χ2v) is 8.39. The molecule has 0 atom stereocenters. The molecule has 4 rings (SSSR count). The van der Waals surface area contributed by atoms with Gasteiger partial charge < -0.3 is 25.9 Å². The highest BCUT2D eigenvalue weighted by atomic mass is 16.5. The number of benzene rings is 2. The van der Waals surface area contributed by atoms with E-state index >= 15 is 0 Å². The van der Waals surface area contributed by atoms with E-state index < -0.39 is 5.60 Å². The van der Waals surface area contributed by atoms with Gasteiger partial charge in [-0.3, -0.25) is 0 Å². The largest absolute Gasteiger partial charge is 0.389 e. The van der Waals surface area contributed by atoms with Gasteiger partial charge in [-0.25, -0.2) is 9.97 Å². The third kappa shape index (κ3) is 4.25. The number of fused-ring (bicyclic) bond motifs is 3. The summed E-state index contributed by atoms with van der Waals surface area (Å²) in [6.07, 6.45) is 0. The van der Waals surface area contributed by atoms with Gasteiger partial charge in [0.15, 0.2) is 5.82 Å². The molecule has 2 aromatic heterocycles. The first-order valence-corrected chi connectivity index (χ1v) is 10.5. The summed E-state index contributed by atoms with van der Waals surface area (Å²) in [4.78, 5) is 9.35. The number of nitrogen functional groups attached to an aromatic ring is 1. The van der Waals surface area contributed by atoms with Gasteiger partial charge in [0, 0.05) is 18.5 Å². The van der Waals surface area contributed by atoms with E-state index in [4.69, 9.17) is 21.2 Å². The normalized spacial score (nSPS) is 12.2. The quantitative estimate of drug-likeness (QED) is 0.422. The molecule has 4 aromatic rings. The Balaban J connectivity index is 1.94. The second-order valence-electron chi connectivity index (χ2n) is 8.39. The van der Waals surface area contributed by atoms with Crippen molar-refractivity contribution in [3.8, 4) is 11.1 Å². The van der Waals surface area contributed by atoms with E-state index in [0.29, 0.717) is 37.6 Å². The Labute approximate surface area is 181 Å². The Morgan fingerprint density at radius 3 is 2.58 bits per heavy atom. The molecule has 0 unspecified atom stereocenters. The molecule has 0 aliphatic heterocycles. The molecule has 0 amide bonds. The predicted octanol–water partition coefficient (Wildman–Crippen LogP) is 3.60. The first-order chi connectivity index (χ1) is 14.8. The SMILES string of the molecule is CCOCc1nc2c(N)nc3cc(-c4cccc(CN)c4)ccc3c2n1CC(C)(C)O. The molecule has 0 bridgehead atoms. The molecule has 162 valence electrons. The number of nitrogens with two attached hydrogens (primary N) is 2. The smallest absolute Gasteiger partial charge is 0.152 e. The summed E-state index contributed by atoms with van der Waals surface area (Å²) in [7, 11) is 0. The first kappa shape index (κ1) is 21.2. The third-order valence-corrected chi connectivity index (χ3v) is 5.26. The number of hydrogen-bond acceptors (Lipinski definition) is 6. The Morgan fingerprint density at radius 2 is 1.87 bits per heavy atom. The summed E-state index contributed by atoms with van der Waals surface area (Å²) in [5, 5.41) is 11.5. The maximum Gasteiger partial charge on any atom is 0.152 e. The summed E-state index contributed by atoms with van der Waals surface area (Å²) in [6, 6.07) is 14.3. The van der Waals surface area contributed by atoms with Crippen molar-refractivity contribution in [3.05, 3.63) is 53.9 Å². The van der Waals surface area contributed by atoms with Crippen LogP contribution < -0.4 is 11.5 Å². The highest BCUT2D eigenvalue weighted by molar-refractivity contribution is 6.07. The zero-order valence-corrected chi connectivity index (χ0v) is 18.2. The second kappa shape index (κ2) is 8.26. The maximum atomic E-state index is 10.5. The Kier molecular flexibility index (Phi) is 5.66. The van der Waals surface area contributed by atoms with Gasteiger partial charge in [0.25, 0.3) is 0 Å². The van der Waals surface area contributed by atoms with E-state index in [1.54, 1.807) is 13.8 Å². The summed E-state index contributed by atoms with van der Waals surface area (Å²) in [5.74, 6) is 1.09. The van der Waals surface area contributed by atoms with Crippen molar-refractivity contribution >= 4 is 27.8 Å². The molecule has 0 saturated carbocycles. The molecule has 0 saturated heterocycles. The van der Waals surface area contributed by atoms with Gasteiger partial charge in [0.05, 0.1) is 23.2 Å². The van der Waals surface area contributed by atoms with Crippen LogP contribution in [0.5, 0.6) is 0 Å². The summed E-state index contributed by atoms with van der Waals surface area (Å²) in [5.41, 5.74) is 16.7. The van der Waals surface area contributed by atoms with Crippen molar-refractivity contribution in [1.82, 2.24) is 14.5 Å². The lowest BCUT2D eigenvalue weighted by Crippen LogP contribution is -2.27. The van der Waals surface area contributed by atoms with Crippen LogP contribution in [0.3, 0.4) is 0 Å². The zero-order valence-electron chi connectivity index (χ0n) is 18.2. The molecular formula is C24H29N5O2. The van der Waals surface area contributed by atoms with Crippen LogP contribution in [0.15, 0.2) is 42.5 Å². The predicted molar refractivity (Wildman–Crippen MR) is 124 cm³/mol.